The highest BCUT2D eigenvalue weighted by Gasteiger charge is 2.17. The minimum atomic E-state index is -0.797. The predicted molar refractivity (Wildman–Crippen MR) is 138 cm³/mol. The number of alkyl halides is 1. The van der Waals surface area contributed by atoms with Gasteiger partial charge in [-0.05, 0) is 56.0 Å². The molecule has 6 nitrogen and oxygen atoms in total. The highest BCUT2D eigenvalue weighted by Crippen LogP contribution is 2.19. The maximum Gasteiger partial charge on any atom is 0.338 e. The molecule has 0 aliphatic carbocycles. The van der Waals surface area contributed by atoms with Crippen molar-refractivity contribution in [3.63, 3.8) is 0 Å². The molecule has 7 heteroatoms. The molecule has 0 bridgehead atoms. The third-order valence-corrected chi connectivity index (χ3v) is 4.73. The van der Waals surface area contributed by atoms with Gasteiger partial charge in [0.15, 0.2) is 0 Å². The van der Waals surface area contributed by atoms with Crippen LogP contribution < -0.4 is 0 Å². The molecule has 0 fully saturated rings. The first-order chi connectivity index (χ1) is 16.9. The van der Waals surface area contributed by atoms with E-state index >= 15 is 0 Å². The summed E-state index contributed by atoms with van der Waals surface area (Å²) in [4.78, 5) is 35.3. The molecule has 36 heavy (non-hydrogen) atoms. The lowest BCUT2D eigenvalue weighted by molar-refractivity contribution is -0.144. The van der Waals surface area contributed by atoms with Crippen LogP contribution in [0, 0.1) is 5.92 Å². The Bertz CT molecular complexity index is 1050. The lowest BCUT2D eigenvalue weighted by atomic mass is 9.98. The first-order valence-electron chi connectivity index (χ1n) is 11.2. The van der Waals surface area contributed by atoms with Crippen molar-refractivity contribution in [2.45, 2.75) is 27.2 Å². The second-order valence-electron chi connectivity index (χ2n) is 8.31. The van der Waals surface area contributed by atoms with Crippen molar-refractivity contribution in [2.24, 2.45) is 5.92 Å². The number of allylic oxidation sites excluding steroid dienone is 4. The van der Waals surface area contributed by atoms with Crippen molar-refractivity contribution < 1.29 is 33.0 Å². The second kappa shape index (κ2) is 15.1. The van der Waals surface area contributed by atoms with Crippen LogP contribution in [0.5, 0.6) is 0 Å². The Morgan fingerprint density at radius 3 is 1.78 bits per heavy atom. The molecule has 0 amide bonds. The summed E-state index contributed by atoms with van der Waals surface area (Å²) in [5.74, 6) is -1.90. The molecule has 0 radical (unpaired) electrons. The van der Waals surface area contributed by atoms with E-state index in [-0.39, 0.29) is 41.6 Å². The number of esters is 3. The quantitative estimate of drug-likeness (QED) is 0.109. The molecule has 0 atom stereocenters. The first kappa shape index (κ1) is 30.0. The molecule has 1 aromatic carbocycles. The SMILES string of the molecule is C=C(C)C(=O)OCC(COC(=O)C(=C)C)Cc1ccc(C(=C)/C=C\C(=C/CF)OC(=O)C(=C)C)cc1. The average Bonchev–Trinajstić information content (AvgIpc) is 2.83. The van der Waals surface area contributed by atoms with Crippen LogP contribution >= 0.6 is 0 Å². The summed E-state index contributed by atoms with van der Waals surface area (Å²) in [6.45, 7) is 18.5. The van der Waals surface area contributed by atoms with Gasteiger partial charge in [-0.1, -0.05) is 56.7 Å². The van der Waals surface area contributed by atoms with E-state index in [1.54, 1.807) is 19.9 Å². The Hall–Kier alpha value is -4.00. The summed E-state index contributed by atoms with van der Waals surface area (Å²) in [5.41, 5.74) is 3.08. The molecule has 0 aliphatic rings. The van der Waals surface area contributed by atoms with E-state index in [1.165, 1.54) is 13.0 Å². The zero-order chi connectivity index (χ0) is 27.3. The van der Waals surface area contributed by atoms with Gasteiger partial charge in [0.05, 0.1) is 13.2 Å². The van der Waals surface area contributed by atoms with E-state index in [0.29, 0.717) is 12.0 Å². The van der Waals surface area contributed by atoms with Crippen LogP contribution in [0.2, 0.25) is 0 Å². The largest absolute Gasteiger partial charge is 0.462 e. The van der Waals surface area contributed by atoms with Crippen LogP contribution in [0.15, 0.2) is 91.3 Å². The Morgan fingerprint density at radius 1 is 0.833 bits per heavy atom. The Morgan fingerprint density at radius 2 is 1.33 bits per heavy atom. The van der Waals surface area contributed by atoms with Crippen LogP contribution in [-0.4, -0.2) is 37.8 Å². The molecule has 0 N–H and O–H groups in total. The molecule has 0 saturated carbocycles. The van der Waals surface area contributed by atoms with Crippen molar-refractivity contribution in [1.82, 2.24) is 0 Å². The third-order valence-electron chi connectivity index (χ3n) is 4.73. The second-order valence-corrected chi connectivity index (χ2v) is 8.31. The number of hydrogen-bond donors (Lipinski definition) is 0. The lowest BCUT2D eigenvalue weighted by Gasteiger charge is -2.18. The van der Waals surface area contributed by atoms with E-state index in [0.717, 1.165) is 17.2 Å². The molecule has 1 rings (SSSR count). The highest BCUT2D eigenvalue weighted by atomic mass is 19.1. The summed E-state index contributed by atoms with van der Waals surface area (Å²) in [7, 11) is 0. The minimum absolute atomic E-state index is 0.0545. The maximum atomic E-state index is 12.8. The Balaban J connectivity index is 2.89. The summed E-state index contributed by atoms with van der Waals surface area (Å²) in [5, 5.41) is 0. The fourth-order valence-electron chi connectivity index (χ4n) is 2.68. The van der Waals surface area contributed by atoms with Gasteiger partial charge in [-0.3, -0.25) is 0 Å². The molecule has 192 valence electrons. The van der Waals surface area contributed by atoms with Crippen LogP contribution in [0.25, 0.3) is 5.57 Å². The number of benzene rings is 1. The normalized spacial score (nSPS) is 11.2. The molecule has 0 saturated heterocycles. The fourth-order valence-corrected chi connectivity index (χ4v) is 2.68. The van der Waals surface area contributed by atoms with Gasteiger partial charge in [0.25, 0.3) is 0 Å². The minimum Gasteiger partial charge on any atom is -0.462 e. The first-order valence-corrected chi connectivity index (χ1v) is 11.2. The van der Waals surface area contributed by atoms with Gasteiger partial charge in [-0.15, -0.1) is 0 Å². The zero-order valence-corrected chi connectivity index (χ0v) is 21.1. The van der Waals surface area contributed by atoms with Crippen LogP contribution in [0.3, 0.4) is 0 Å². The molecule has 0 heterocycles. The van der Waals surface area contributed by atoms with E-state index in [9.17, 15) is 18.8 Å². The molecule has 1 aromatic rings. The maximum absolute atomic E-state index is 12.8. The average molecular weight is 497 g/mol. The monoisotopic (exact) mass is 496 g/mol. The lowest BCUT2D eigenvalue weighted by Crippen LogP contribution is -2.23. The van der Waals surface area contributed by atoms with Gasteiger partial charge in [0.1, 0.15) is 12.4 Å². The summed E-state index contributed by atoms with van der Waals surface area (Å²) < 4.78 is 28.4. The topological polar surface area (TPSA) is 78.9 Å². The standard InChI is InChI=1S/C29H33FO6/c1-19(2)27(31)34-17-24(18-35-28(32)20(3)4)16-23-9-11-25(12-10-23)22(7)8-13-26(14-15-30)36-29(33)21(5)6/h8-14,24H,1,3,5,7,15-18H2,2,4,6H3/b13-8-,26-14+. The number of hydrogen-bond acceptors (Lipinski definition) is 6. The van der Waals surface area contributed by atoms with E-state index in [1.807, 2.05) is 24.3 Å². The molecule has 0 aromatic heterocycles. The molecule has 0 aliphatic heterocycles. The van der Waals surface area contributed by atoms with Crippen LogP contribution in [0.1, 0.15) is 31.9 Å². The summed E-state index contributed by atoms with van der Waals surface area (Å²) in [6, 6.07) is 7.44. The number of halogens is 1. The third kappa shape index (κ3) is 11.0. The number of carbonyl (C=O) groups is 3. The van der Waals surface area contributed by atoms with Gasteiger partial charge in [0, 0.05) is 22.6 Å². The Kier molecular flexibility index (Phi) is 12.6. The van der Waals surface area contributed by atoms with E-state index in [4.69, 9.17) is 14.2 Å². The number of ether oxygens (including phenoxy) is 3. The van der Waals surface area contributed by atoms with Crippen molar-refractivity contribution in [1.29, 1.82) is 0 Å². The van der Waals surface area contributed by atoms with Crippen LogP contribution in [-0.2, 0) is 35.0 Å². The summed E-state index contributed by atoms with van der Waals surface area (Å²) in [6.07, 6.45) is 4.68. The Labute approximate surface area is 212 Å². The van der Waals surface area contributed by atoms with E-state index in [2.05, 4.69) is 26.3 Å². The smallest absolute Gasteiger partial charge is 0.338 e. The molecule has 0 spiro atoms. The number of carbonyl (C=O) groups excluding carboxylic acids is 3. The summed E-state index contributed by atoms with van der Waals surface area (Å²) >= 11 is 0. The fraction of sp³-hybridized carbons (Fsp3) is 0.276. The van der Waals surface area contributed by atoms with Crippen molar-refractivity contribution >= 4 is 23.5 Å². The zero-order valence-electron chi connectivity index (χ0n) is 21.1. The van der Waals surface area contributed by atoms with Gasteiger partial charge in [0.2, 0.25) is 0 Å². The predicted octanol–water partition coefficient (Wildman–Crippen LogP) is 5.63. The van der Waals surface area contributed by atoms with Crippen LogP contribution in [0.4, 0.5) is 4.39 Å². The van der Waals surface area contributed by atoms with Gasteiger partial charge >= 0.3 is 17.9 Å². The molecule has 0 unspecified atom stereocenters. The highest BCUT2D eigenvalue weighted by molar-refractivity contribution is 5.88. The van der Waals surface area contributed by atoms with Crippen molar-refractivity contribution in [2.75, 3.05) is 19.9 Å². The van der Waals surface area contributed by atoms with Crippen molar-refractivity contribution in [3.8, 4) is 0 Å². The van der Waals surface area contributed by atoms with Crippen molar-refractivity contribution in [3.05, 3.63) is 102 Å². The van der Waals surface area contributed by atoms with E-state index < -0.39 is 24.6 Å². The van der Waals surface area contributed by atoms with Gasteiger partial charge in [-0.2, -0.15) is 0 Å². The molecular weight excluding hydrogens is 463 g/mol. The van der Waals surface area contributed by atoms with Gasteiger partial charge in [-0.25, -0.2) is 18.8 Å². The van der Waals surface area contributed by atoms with Gasteiger partial charge < -0.3 is 14.2 Å². The number of rotatable bonds is 14. The molecular formula is C29H33FO6.